The minimum atomic E-state index is 0.467. The fourth-order valence-electron chi connectivity index (χ4n) is 1.82. The lowest BCUT2D eigenvalue weighted by molar-refractivity contribution is 0.0170. The monoisotopic (exact) mass is 206 g/mol. The first-order valence-corrected chi connectivity index (χ1v) is 5.38. The second-order valence-corrected chi connectivity index (χ2v) is 4.15. The Morgan fingerprint density at radius 3 is 2.60 bits per heavy atom. The predicted molar refractivity (Wildman–Crippen MR) is 61.5 cm³/mol. The molecule has 1 fully saturated rings. The molecule has 3 N–H and O–H groups in total. The van der Waals surface area contributed by atoms with Gasteiger partial charge in [0.1, 0.15) is 0 Å². The number of rotatable bonds is 4. The lowest BCUT2D eigenvalue weighted by Crippen LogP contribution is -2.44. The molecule has 0 atom stereocenters. The molecular weight excluding hydrogens is 188 g/mol. The van der Waals surface area contributed by atoms with Crippen LogP contribution in [0.15, 0.2) is 24.3 Å². The minimum absolute atomic E-state index is 0.467. The molecule has 0 bridgehead atoms. The minimum Gasteiger partial charge on any atom is -0.399 e. The average Bonchev–Trinajstić information content (AvgIpc) is 2.19. The highest BCUT2D eigenvalue weighted by atomic mass is 16.5. The van der Waals surface area contributed by atoms with E-state index in [2.05, 4.69) is 17.4 Å². The molecule has 0 aromatic heterocycles. The summed E-state index contributed by atoms with van der Waals surface area (Å²) in [6, 6.07) is 8.63. The van der Waals surface area contributed by atoms with Gasteiger partial charge < -0.3 is 15.8 Å². The van der Waals surface area contributed by atoms with E-state index in [1.807, 2.05) is 12.1 Å². The van der Waals surface area contributed by atoms with Crippen LogP contribution in [0.25, 0.3) is 0 Å². The van der Waals surface area contributed by atoms with Crippen molar-refractivity contribution >= 4 is 5.69 Å². The second kappa shape index (κ2) is 4.64. The van der Waals surface area contributed by atoms with E-state index in [0.717, 1.165) is 25.1 Å². The normalized spacial score (nSPS) is 24.9. The molecular formula is C12H18N2O. The maximum Gasteiger partial charge on any atom is 0.0601 e. The fraction of sp³-hybridized carbons (Fsp3) is 0.500. The number of nitrogens with two attached hydrogens (primary N) is 1. The summed E-state index contributed by atoms with van der Waals surface area (Å²) in [6.07, 6.45) is 2.73. The van der Waals surface area contributed by atoms with Crippen LogP contribution in [0.5, 0.6) is 0 Å². The topological polar surface area (TPSA) is 47.3 Å². The van der Waals surface area contributed by atoms with Crippen molar-refractivity contribution in [2.75, 3.05) is 12.8 Å². The number of ether oxygens (including phenoxy) is 1. The van der Waals surface area contributed by atoms with E-state index in [1.54, 1.807) is 7.11 Å². The van der Waals surface area contributed by atoms with Crippen LogP contribution in [0, 0.1) is 0 Å². The van der Waals surface area contributed by atoms with E-state index in [0.29, 0.717) is 12.1 Å². The molecule has 3 nitrogen and oxygen atoms in total. The number of nitrogen functional groups attached to an aromatic ring is 1. The van der Waals surface area contributed by atoms with Crippen molar-refractivity contribution < 1.29 is 4.74 Å². The second-order valence-electron chi connectivity index (χ2n) is 4.15. The van der Waals surface area contributed by atoms with E-state index in [9.17, 15) is 0 Å². The lowest BCUT2D eigenvalue weighted by atomic mass is 9.89. The molecule has 3 heteroatoms. The highest BCUT2D eigenvalue weighted by Gasteiger charge is 2.28. The highest BCUT2D eigenvalue weighted by molar-refractivity contribution is 5.39. The third-order valence-electron chi connectivity index (χ3n) is 3.00. The molecule has 0 amide bonds. The maximum atomic E-state index is 5.62. The van der Waals surface area contributed by atoms with E-state index in [1.165, 1.54) is 5.56 Å². The first-order chi connectivity index (χ1) is 7.28. The summed E-state index contributed by atoms with van der Waals surface area (Å²) < 4.78 is 5.23. The molecule has 1 aromatic carbocycles. The molecule has 15 heavy (non-hydrogen) atoms. The van der Waals surface area contributed by atoms with Crippen molar-refractivity contribution in [3.63, 3.8) is 0 Å². The van der Waals surface area contributed by atoms with Gasteiger partial charge in [-0.25, -0.2) is 0 Å². The van der Waals surface area contributed by atoms with E-state index < -0.39 is 0 Å². The van der Waals surface area contributed by atoms with Crippen LogP contribution in [-0.2, 0) is 11.3 Å². The highest BCUT2D eigenvalue weighted by Crippen LogP contribution is 2.22. The maximum absolute atomic E-state index is 5.62. The summed E-state index contributed by atoms with van der Waals surface area (Å²) in [5.74, 6) is 0. The fourth-order valence-corrected chi connectivity index (χ4v) is 1.82. The molecule has 1 aromatic rings. The zero-order chi connectivity index (χ0) is 10.7. The van der Waals surface area contributed by atoms with Gasteiger partial charge in [0.2, 0.25) is 0 Å². The van der Waals surface area contributed by atoms with Gasteiger partial charge in [0.05, 0.1) is 6.10 Å². The molecule has 0 spiro atoms. The Labute approximate surface area is 90.6 Å². The number of hydrogen-bond donors (Lipinski definition) is 2. The first-order valence-electron chi connectivity index (χ1n) is 5.38. The summed E-state index contributed by atoms with van der Waals surface area (Å²) in [5, 5.41) is 3.50. The SMILES string of the molecule is COC1CC(NCc2ccc(N)cc2)C1. The van der Waals surface area contributed by atoms with Gasteiger partial charge >= 0.3 is 0 Å². The standard InChI is InChI=1S/C12H18N2O/c1-15-12-6-11(7-12)14-8-9-2-4-10(13)5-3-9/h2-5,11-12,14H,6-8,13H2,1H3. The van der Waals surface area contributed by atoms with E-state index in [4.69, 9.17) is 10.5 Å². The summed E-state index contributed by atoms with van der Waals surface area (Å²) >= 11 is 0. The van der Waals surface area contributed by atoms with Gasteiger partial charge in [-0.2, -0.15) is 0 Å². The summed E-state index contributed by atoms with van der Waals surface area (Å²) in [7, 11) is 1.78. The molecule has 0 aliphatic heterocycles. The molecule has 1 aliphatic carbocycles. The van der Waals surface area contributed by atoms with Crippen LogP contribution < -0.4 is 11.1 Å². The third kappa shape index (κ3) is 2.70. The van der Waals surface area contributed by atoms with Crippen LogP contribution in [0.2, 0.25) is 0 Å². The lowest BCUT2D eigenvalue weighted by Gasteiger charge is -2.34. The molecule has 82 valence electrons. The van der Waals surface area contributed by atoms with Gasteiger partial charge in [-0.15, -0.1) is 0 Å². The van der Waals surface area contributed by atoms with Crippen molar-refractivity contribution in [3.8, 4) is 0 Å². The van der Waals surface area contributed by atoms with Crippen molar-refractivity contribution in [2.45, 2.75) is 31.5 Å². The first kappa shape index (κ1) is 10.5. The molecule has 0 heterocycles. The Kier molecular flexibility index (Phi) is 3.23. The smallest absolute Gasteiger partial charge is 0.0601 e. The summed E-state index contributed by atoms with van der Waals surface area (Å²) in [6.45, 7) is 0.918. The predicted octanol–water partition coefficient (Wildman–Crippen LogP) is 1.54. The molecule has 1 saturated carbocycles. The summed E-state index contributed by atoms with van der Waals surface area (Å²) in [4.78, 5) is 0. The van der Waals surface area contributed by atoms with Crippen molar-refractivity contribution in [2.24, 2.45) is 0 Å². The van der Waals surface area contributed by atoms with Gasteiger partial charge in [-0.3, -0.25) is 0 Å². The van der Waals surface area contributed by atoms with Crippen molar-refractivity contribution in [3.05, 3.63) is 29.8 Å². The molecule has 2 rings (SSSR count). The molecule has 0 radical (unpaired) electrons. The van der Waals surface area contributed by atoms with E-state index in [-0.39, 0.29) is 0 Å². The van der Waals surface area contributed by atoms with Crippen LogP contribution >= 0.6 is 0 Å². The number of benzene rings is 1. The number of methoxy groups -OCH3 is 1. The Balaban J connectivity index is 1.72. The van der Waals surface area contributed by atoms with Crippen LogP contribution in [0.1, 0.15) is 18.4 Å². The van der Waals surface area contributed by atoms with E-state index >= 15 is 0 Å². The Morgan fingerprint density at radius 1 is 1.33 bits per heavy atom. The van der Waals surface area contributed by atoms with Crippen molar-refractivity contribution in [1.29, 1.82) is 0 Å². The van der Waals surface area contributed by atoms with Gasteiger partial charge in [-0.05, 0) is 30.5 Å². The van der Waals surface area contributed by atoms with Crippen LogP contribution in [-0.4, -0.2) is 19.3 Å². The summed E-state index contributed by atoms with van der Waals surface area (Å²) in [5.41, 5.74) is 7.72. The molecule has 0 saturated heterocycles. The largest absolute Gasteiger partial charge is 0.399 e. The zero-order valence-electron chi connectivity index (χ0n) is 9.07. The Hall–Kier alpha value is -1.06. The van der Waals surface area contributed by atoms with Crippen LogP contribution in [0.4, 0.5) is 5.69 Å². The Morgan fingerprint density at radius 2 is 2.00 bits per heavy atom. The van der Waals surface area contributed by atoms with Gasteiger partial charge in [-0.1, -0.05) is 12.1 Å². The quantitative estimate of drug-likeness (QED) is 0.734. The molecule has 0 unspecified atom stereocenters. The number of anilines is 1. The van der Waals surface area contributed by atoms with Gasteiger partial charge in [0, 0.05) is 25.4 Å². The number of nitrogens with one attached hydrogen (secondary N) is 1. The Bertz CT molecular complexity index is 304. The van der Waals surface area contributed by atoms with Crippen LogP contribution in [0.3, 0.4) is 0 Å². The molecule has 1 aliphatic rings. The third-order valence-corrected chi connectivity index (χ3v) is 3.00. The average molecular weight is 206 g/mol. The van der Waals surface area contributed by atoms with Gasteiger partial charge in [0.15, 0.2) is 0 Å². The number of hydrogen-bond acceptors (Lipinski definition) is 3. The van der Waals surface area contributed by atoms with Crippen molar-refractivity contribution in [1.82, 2.24) is 5.32 Å². The zero-order valence-corrected chi connectivity index (χ0v) is 9.07. The van der Waals surface area contributed by atoms with Gasteiger partial charge in [0.25, 0.3) is 0 Å².